The number of likely N-dealkylation sites (tertiary alicyclic amines) is 1. The van der Waals surface area contributed by atoms with E-state index in [0.717, 1.165) is 37.9 Å². The molecular formula is C18H22Cl2N4. The van der Waals surface area contributed by atoms with E-state index in [1.165, 1.54) is 36.5 Å². The minimum absolute atomic E-state index is 0.364. The molecule has 0 amide bonds. The van der Waals surface area contributed by atoms with Crippen LogP contribution in [-0.4, -0.2) is 26.0 Å². The average Bonchev–Trinajstić information content (AvgIpc) is 3.17. The van der Waals surface area contributed by atoms with Crippen LogP contribution in [0.3, 0.4) is 0 Å². The maximum atomic E-state index is 6.34. The summed E-state index contributed by atoms with van der Waals surface area (Å²) in [5, 5.41) is 0.960. The number of aryl methyl sites for hydroxylation is 1. The molecule has 2 aromatic rings. The van der Waals surface area contributed by atoms with E-state index in [0.29, 0.717) is 16.2 Å². The number of rotatable bonds is 3. The highest BCUT2D eigenvalue weighted by Crippen LogP contribution is 2.36. The van der Waals surface area contributed by atoms with Crippen molar-refractivity contribution in [1.82, 2.24) is 19.4 Å². The second-order valence-electron chi connectivity index (χ2n) is 6.83. The number of nitrogens with zero attached hydrogens (tertiary/aromatic N) is 4. The number of imidazole rings is 1. The van der Waals surface area contributed by atoms with Crippen molar-refractivity contribution < 1.29 is 0 Å². The predicted molar refractivity (Wildman–Crippen MR) is 96.5 cm³/mol. The first kappa shape index (κ1) is 16.4. The average molecular weight is 365 g/mol. The number of hydrogen-bond donors (Lipinski definition) is 0. The number of halogens is 2. The Balaban J connectivity index is 1.61. The molecule has 3 heterocycles. The van der Waals surface area contributed by atoms with Gasteiger partial charge in [-0.3, -0.25) is 4.90 Å². The smallest absolute Gasteiger partial charge is 0.147 e. The molecule has 4 nitrogen and oxygen atoms in total. The summed E-state index contributed by atoms with van der Waals surface area (Å²) in [5.74, 6) is 1.22. The minimum atomic E-state index is 0.364. The maximum absolute atomic E-state index is 6.34. The lowest BCUT2D eigenvalue weighted by atomic mass is 10.0. The third kappa shape index (κ3) is 2.85. The summed E-state index contributed by atoms with van der Waals surface area (Å²) < 4.78 is 2.35. The van der Waals surface area contributed by atoms with Gasteiger partial charge in [0.2, 0.25) is 0 Å². The highest BCUT2D eigenvalue weighted by atomic mass is 35.5. The Labute approximate surface area is 152 Å². The third-order valence-corrected chi connectivity index (χ3v) is 6.18. The van der Waals surface area contributed by atoms with Gasteiger partial charge in [-0.2, -0.15) is 0 Å². The van der Waals surface area contributed by atoms with Gasteiger partial charge in [0.1, 0.15) is 11.0 Å². The summed E-state index contributed by atoms with van der Waals surface area (Å²) in [6, 6.07) is 2.33. The van der Waals surface area contributed by atoms with Gasteiger partial charge in [-0.25, -0.2) is 9.97 Å². The topological polar surface area (TPSA) is 34.0 Å². The van der Waals surface area contributed by atoms with Crippen molar-refractivity contribution in [1.29, 1.82) is 0 Å². The van der Waals surface area contributed by atoms with Crippen LogP contribution in [0.1, 0.15) is 54.5 Å². The Bertz CT molecular complexity index is 756. The zero-order chi connectivity index (χ0) is 16.7. The first-order valence-corrected chi connectivity index (χ1v) is 9.48. The zero-order valence-corrected chi connectivity index (χ0v) is 15.4. The molecule has 0 radical (unpaired) electrons. The van der Waals surface area contributed by atoms with Crippen LogP contribution in [0.5, 0.6) is 0 Å². The van der Waals surface area contributed by atoms with Crippen LogP contribution in [0.25, 0.3) is 0 Å². The lowest BCUT2D eigenvalue weighted by Crippen LogP contribution is -2.25. The van der Waals surface area contributed by atoms with E-state index >= 15 is 0 Å². The van der Waals surface area contributed by atoms with Crippen molar-refractivity contribution in [3.63, 3.8) is 0 Å². The quantitative estimate of drug-likeness (QED) is 0.759. The maximum Gasteiger partial charge on any atom is 0.147 e. The van der Waals surface area contributed by atoms with E-state index in [9.17, 15) is 0 Å². The van der Waals surface area contributed by atoms with E-state index in [1.54, 1.807) is 6.20 Å². The van der Waals surface area contributed by atoms with Gasteiger partial charge >= 0.3 is 0 Å². The lowest BCUT2D eigenvalue weighted by Gasteiger charge is -2.25. The molecule has 0 aromatic carbocycles. The number of aromatic nitrogens is 3. The van der Waals surface area contributed by atoms with Gasteiger partial charge in [-0.1, -0.05) is 23.2 Å². The van der Waals surface area contributed by atoms with E-state index in [-0.39, 0.29) is 0 Å². The number of fused-ring (bicyclic) bond motifs is 1. The molecule has 1 fully saturated rings. The molecule has 1 aliphatic heterocycles. The van der Waals surface area contributed by atoms with Crippen molar-refractivity contribution in [2.45, 2.75) is 51.1 Å². The number of pyridine rings is 1. The van der Waals surface area contributed by atoms with Gasteiger partial charge < -0.3 is 4.57 Å². The van der Waals surface area contributed by atoms with Crippen LogP contribution in [0.4, 0.5) is 0 Å². The fraction of sp³-hybridized carbons (Fsp3) is 0.556. The molecule has 24 heavy (non-hydrogen) atoms. The Kier molecular flexibility index (Phi) is 4.54. The molecule has 128 valence electrons. The van der Waals surface area contributed by atoms with Crippen molar-refractivity contribution in [2.75, 3.05) is 6.54 Å². The molecule has 2 aliphatic rings. The highest BCUT2D eigenvalue weighted by Gasteiger charge is 2.31. The number of hydrogen-bond acceptors (Lipinski definition) is 3. The van der Waals surface area contributed by atoms with Crippen molar-refractivity contribution in [3.8, 4) is 0 Å². The fourth-order valence-corrected chi connectivity index (χ4v) is 4.46. The summed E-state index contributed by atoms with van der Waals surface area (Å²) in [6.45, 7) is 1.86. The van der Waals surface area contributed by atoms with Crippen LogP contribution in [-0.2, 0) is 26.4 Å². The van der Waals surface area contributed by atoms with Crippen molar-refractivity contribution in [2.24, 2.45) is 7.05 Å². The summed E-state index contributed by atoms with van der Waals surface area (Å²) >= 11 is 12.4. The fourth-order valence-electron chi connectivity index (χ4n) is 4.11. The van der Waals surface area contributed by atoms with Crippen molar-refractivity contribution >= 4 is 23.2 Å². The standard InChI is InChI=1S/C18H22Cl2N4/c1-23-14-6-3-2-5-13(14)22-18(23)15-7-4-10-24(15)11-12-8-9-21-17(20)16(12)19/h8-9,15H,2-7,10-11H2,1H3. The summed E-state index contributed by atoms with van der Waals surface area (Å²) in [5.41, 5.74) is 3.80. The SMILES string of the molecule is Cn1c(C2CCCN2Cc2ccnc(Cl)c2Cl)nc2c1CCCC2. The molecule has 1 saturated heterocycles. The summed E-state index contributed by atoms with van der Waals surface area (Å²) in [4.78, 5) is 11.5. The van der Waals surface area contributed by atoms with Crippen LogP contribution in [0, 0.1) is 0 Å². The molecule has 2 aromatic heterocycles. The Morgan fingerprint density at radius 2 is 2.04 bits per heavy atom. The molecule has 0 bridgehead atoms. The van der Waals surface area contributed by atoms with Gasteiger partial charge in [0, 0.05) is 25.5 Å². The summed E-state index contributed by atoms with van der Waals surface area (Å²) in [6.07, 6.45) is 8.92. The van der Waals surface area contributed by atoms with Crippen LogP contribution < -0.4 is 0 Å². The van der Waals surface area contributed by atoms with Crippen LogP contribution >= 0.6 is 23.2 Å². The Morgan fingerprint density at radius 3 is 2.88 bits per heavy atom. The summed E-state index contributed by atoms with van der Waals surface area (Å²) in [7, 11) is 2.18. The molecule has 1 unspecified atom stereocenters. The molecule has 1 atom stereocenters. The molecule has 4 rings (SSSR count). The van der Waals surface area contributed by atoms with Crippen LogP contribution in [0.15, 0.2) is 12.3 Å². The predicted octanol–water partition coefficient (Wildman–Crippen LogP) is 4.34. The monoisotopic (exact) mass is 364 g/mol. The first-order valence-electron chi connectivity index (χ1n) is 8.72. The second-order valence-corrected chi connectivity index (χ2v) is 7.57. The van der Waals surface area contributed by atoms with Gasteiger partial charge in [0.15, 0.2) is 0 Å². The molecule has 6 heteroatoms. The van der Waals surface area contributed by atoms with E-state index < -0.39 is 0 Å². The van der Waals surface area contributed by atoms with Gasteiger partial charge in [0.05, 0.1) is 16.8 Å². The van der Waals surface area contributed by atoms with E-state index in [4.69, 9.17) is 28.2 Å². The molecular weight excluding hydrogens is 343 g/mol. The Morgan fingerprint density at radius 1 is 1.21 bits per heavy atom. The van der Waals surface area contributed by atoms with E-state index in [2.05, 4.69) is 21.5 Å². The van der Waals surface area contributed by atoms with Crippen LogP contribution in [0.2, 0.25) is 10.2 Å². The Hall–Kier alpha value is -1.10. The molecule has 0 saturated carbocycles. The lowest BCUT2D eigenvalue weighted by molar-refractivity contribution is 0.236. The van der Waals surface area contributed by atoms with Crippen molar-refractivity contribution in [3.05, 3.63) is 45.2 Å². The molecule has 0 N–H and O–H groups in total. The third-order valence-electron chi connectivity index (χ3n) is 5.37. The second kappa shape index (κ2) is 6.66. The van der Waals surface area contributed by atoms with Gasteiger partial charge in [0.25, 0.3) is 0 Å². The molecule has 0 spiro atoms. The zero-order valence-electron chi connectivity index (χ0n) is 13.9. The largest absolute Gasteiger partial charge is 0.334 e. The highest BCUT2D eigenvalue weighted by molar-refractivity contribution is 6.41. The molecule has 1 aliphatic carbocycles. The first-order chi connectivity index (χ1) is 11.6. The van der Waals surface area contributed by atoms with E-state index in [1.807, 2.05) is 6.07 Å². The normalized spacial score (nSPS) is 21.2. The minimum Gasteiger partial charge on any atom is -0.334 e. The van der Waals surface area contributed by atoms with Gasteiger partial charge in [-0.05, 0) is 56.7 Å². The van der Waals surface area contributed by atoms with Gasteiger partial charge in [-0.15, -0.1) is 0 Å².